The van der Waals surface area contributed by atoms with Crippen molar-refractivity contribution in [2.75, 3.05) is 0 Å². The average Bonchev–Trinajstić information content (AvgIpc) is 3.33. The molecule has 1 amide bonds. The van der Waals surface area contributed by atoms with Crippen LogP contribution in [0.25, 0.3) is 15.9 Å². The maximum absolute atomic E-state index is 12.9. The van der Waals surface area contributed by atoms with E-state index in [0.29, 0.717) is 4.88 Å². The fourth-order valence-electron chi connectivity index (χ4n) is 3.67. The number of para-hydroxylation sites is 1. The molecule has 0 aliphatic carbocycles. The van der Waals surface area contributed by atoms with Gasteiger partial charge in [-0.2, -0.15) is 10.2 Å². The molecule has 0 saturated carbocycles. The minimum absolute atomic E-state index is 0.0148. The van der Waals surface area contributed by atoms with Gasteiger partial charge >= 0.3 is 0 Å². The van der Waals surface area contributed by atoms with E-state index in [9.17, 15) is 4.79 Å². The molecule has 0 aliphatic heterocycles. The van der Waals surface area contributed by atoms with Crippen LogP contribution in [0.3, 0.4) is 0 Å². The molecule has 0 aliphatic rings. The monoisotopic (exact) mass is 407 g/mol. The number of amides is 1. The number of nitrogens with one attached hydrogen (secondary N) is 1. The zero-order valence-corrected chi connectivity index (χ0v) is 18.2. The molecule has 4 aromatic rings. The molecular weight excluding hydrogens is 382 g/mol. The van der Waals surface area contributed by atoms with E-state index in [1.165, 1.54) is 16.9 Å². The van der Waals surface area contributed by atoms with Gasteiger partial charge in [-0.15, -0.1) is 11.3 Å². The molecule has 0 radical (unpaired) electrons. The van der Waals surface area contributed by atoms with Gasteiger partial charge in [0.1, 0.15) is 4.83 Å². The number of aryl methyl sites for hydroxylation is 3. The molecule has 1 N–H and O–H groups in total. The lowest BCUT2D eigenvalue weighted by Gasteiger charge is -2.13. The fourth-order valence-corrected chi connectivity index (χ4v) is 4.75. The Kier molecular flexibility index (Phi) is 5.00. The van der Waals surface area contributed by atoms with E-state index in [1.807, 2.05) is 73.6 Å². The molecule has 3 aromatic heterocycles. The number of thiophene rings is 1. The Labute approximate surface area is 174 Å². The van der Waals surface area contributed by atoms with Crippen molar-refractivity contribution in [2.24, 2.45) is 7.05 Å². The number of hydrogen-bond donors (Lipinski definition) is 1. The van der Waals surface area contributed by atoms with Crippen LogP contribution in [-0.4, -0.2) is 31.5 Å². The molecule has 4 rings (SSSR count). The Hall–Kier alpha value is -2.93. The highest BCUT2D eigenvalue weighted by atomic mass is 32.1. The molecule has 7 heteroatoms. The zero-order valence-electron chi connectivity index (χ0n) is 17.4. The van der Waals surface area contributed by atoms with Crippen LogP contribution < -0.4 is 5.32 Å². The summed E-state index contributed by atoms with van der Waals surface area (Å²) < 4.78 is 3.81. The Morgan fingerprint density at radius 2 is 1.86 bits per heavy atom. The Balaban J connectivity index is 1.56. The van der Waals surface area contributed by atoms with E-state index < -0.39 is 0 Å². The highest BCUT2D eigenvalue weighted by Crippen LogP contribution is 2.30. The Morgan fingerprint density at radius 1 is 1.14 bits per heavy atom. The van der Waals surface area contributed by atoms with Crippen LogP contribution in [0.5, 0.6) is 0 Å². The summed E-state index contributed by atoms with van der Waals surface area (Å²) in [4.78, 5) is 14.6. The molecule has 3 heterocycles. The smallest absolute Gasteiger partial charge is 0.261 e. The molecule has 0 fully saturated rings. The quantitative estimate of drug-likeness (QED) is 0.542. The summed E-state index contributed by atoms with van der Waals surface area (Å²) in [6.07, 6.45) is 0.763. The first-order valence-electron chi connectivity index (χ1n) is 9.69. The second-order valence-electron chi connectivity index (χ2n) is 7.51. The molecule has 0 bridgehead atoms. The highest BCUT2D eigenvalue weighted by Gasteiger charge is 2.19. The van der Waals surface area contributed by atoms with E-state index in [4.69, 9.17) is 0 Å². The summed E-state index contributed by atoms with van der Waals surface area (Å²) in [5, 5.41) is 13.3. The van der Waals surface area contributed by atoms with Gasteiger partial charge in [0.2, 0.25) is 0 Å². The minimum atomic E-state index is -0.0445. The first kappa shape index (κ1) is 19.4. The number of hydrogen-bond acceptors (Lipinski definition) is 4. The van der Waals surface area contributed by atoms with E-state index >= 15 is 0 Å². The van der Waals surface area contributed by atoms with Gasteiger partial charge in [0, 0.05) is 24.2 Å². The standard InChI is InChI=1S/C22H25N5OS/c1-13(11-18-14(2)24-26(5)16(18)4)23-21(28)20-12-19-15(3)25-27(22(19)29-20)17-9-7-6-8-10-17/h6-10,12-13H,11H2,1-5H3,(H,23,28)/t13-/m1/s1. The number of rotatable bonds is 5. The predicted octanol–water partition coefficient (Wildman–Crippen LogP) is 4.11. The van der Waals surface area contributed by atoms with Gasteiger partial charge in [-0.25, -0.2) is 4.68 Å². The molecular formula is C22H25N5OS. The van der Waals surface area contributed by atoms with Gasteiger partial charge in [-0.1, -0.05) is 18.2 Å². The first-order valence-corrected chi connectivity index (χ1v) is 10.5. The summed E-state index contributed by atoms with van der Waals surface area (Å²) in [5.41, 5.74) is 5.28. The average molecular weight is 408 g/mol. The van der Waals surface area contributed by atoms with E-state index in [2.05, 4.69) is 22.4 Å². The molecule has 0 saturated heterocycles. The number of fused-ring (bicyclic) bond motifs is 1. The van der Waals surface area contributed by atoms with Crippen molar-refractivity contribution in [3.05, 3.63) is 63.9 Å². The van der Waals surface area contributed by atoms with Crippen LogP contribution in [0, 0.1) is 20.8 Å². The fraction of sp³-hybridized carbons (Fsp3) is 0.318. The maximum atomic E-state index is 12.9. The topological polar surface area (TPSA) is 64.7 Å². The van der Waals surface area contributed by atoms with Crippen molar-refractivity contribution in [2.45, 2.75) is 40.2 Å². The molecule has 1 aromatic carbocycles. The maximum Gasteiger partial charge on any atom is 0.261 e. The number of carbonyl (C=O) groups is 1. The van der Waals surface area contributed by atoms with E-state index in [0.717, 1.165) is 39.4 Å². The van der Waals surface area contributed by atoms with Gasteiger partial charge in [0.25, 0.3) is 5.91 Å². The van der Waals surface area contributed by atoms with Crippen LogP contribution in [0.2, 0.25) is 0 Å². The third-order valence-electron chi connectivity index (χ3n) is 5.32. The Morgan fingerprint density at radius 3 is 2.52 bits per heavy atom. The first-order chi connectivity index (χ1) is 13.8. The van der Waals surface area contributed by atoms with Crippen molar-refractivity contribution in [3.8, 4) is 5.69 Å². The number of benzene rings is 1. The van der Waals surface area contributed by atoms with Crippen LogP contribution in [0.15, 0.2) is 36.4 Å². The van der Waals surface area contributed by atoms with E-state index in [1.54, 1.807) is 0 Å². The predicted molar refractivity (Wildman–Crippen MR) is 117 cm³/mol. The number of aromatic nitrogens is 4. The summed E-state index contributed by atoms with van der Waals surface area (Å²) in [7, 11) is 1.95. The lowest BCUT2D eigenvalue weighted by atomic mass is 10.1. The van der Waals surface area contributed by atoms with Gasteiger partial charge in [-0.05, 0) is 57.9 Å². The second-order valence-corrected chi connectivity index (χ2v) is 8.54. The molecule has 150 valence electrons. The Bertz CT molecular complexity index is 1190. The number of nitrogens with zero attached hydrogens (tertiary/aromatic N) is 4. The molecule has 6 nitrogen and oxygen atoms in total. The van der Waals surface area contributed by atoms with Gasteiger partial charge in [0.15, 0.2) is 0 Å². The molecule has 29 heavy (non-hydrogen) atoms. The highest BCUT2D eigenvalue weighted by molar-refractivity contribution is 7.20. The van der Waals surface area contributed by atoms with Gasteiger partial charge < -0.3 is 5.32 Å². The van der Waals surface area contributed by atoms with Crippen LogP contribution in [0.4, 0.5) is 0 Å². The van der Waals surface area contributed by atoms with Crippen molar-refractivity contribution < 1.29 is 4.79 Å². The van der Waals surface area contributed by atoms with Crippen LogP contribution >= 0.6 is 11.3 Å². The SMILES string of the molecule is Cc1nn(C)c(C)c1C[C@@H](C)NC(=O)c1cc2c(C)nn(-c3ccccc3)c2s1. The molecule has 0 spiro atoms. The normalized spacial score (nSPS) is 12.4. The van der Waals surface area contributed by atoms with Crippen LogP contribution in [0.1, 0.15) is 39.2 Å². The summed E-state index contributed by atoms with van der Waals surface area (Å²) in [6.45, 7) is 8.09. The minimum Gasteiger partial charge on any atom is -0.349 e. The molecule has 0 unspecified atom stereocenters. The summed E-state index contributed by atoms with van der Waals surface area (Å²) >= 11 is 1.48. The number of carbonyl (C=O) groups excluding carboxylic acids is 1. The zero-order chi connectivity index (χ0) is 20.7. The van der Waals surface area contributed by atoms with Crippen molar-refractivity contribution >= 4 is 27.5 Å². The largest absolute Gasteiger partial charge is 0.349 e. The van der Waals surface area contributed by atoms with Gasteiger partial charge in [0.05, 0.1) is 22.0 Å². The van der Waals surface area contributed by atoms with Gasteiger partial charge in [-0.3, -0.25) is 9.48 Å². The second kappa shape index (κ2) is 7.48. The van der Waals surface area contributed by atoms with Crippen molar-refractivity contribution in [3.63, 3.8) is 0 Å². The van der Waals surface area contributed by atoms with Crippen molar-refractivity contribution in [1.82, 2.24) is 24.9 Å². The van der Waals surface area contributed by atoms with Crippen LogP contribution in [-0.2, 0) is 13.5 Å². The summed E-state index contributed by atoms with van der Waals surface area (Å²) in [5.74, 6) is -0.0445. The third kappa shape index (κ3) is 3.58. The van der Waals surface area contributed by atoms with Crippen molar-refractivity contribution in [1.29, 1.82) is 0 Å². The summed E-state index contributed by atoms with van der Waals surface area (Å²) in [6, 6.07) is 12.0. The lowest BCUT2D eigenvalue weighted by molar-refractivity contribution is 0.0944. The third-order valence-corrected chi connectivity index (χ3v) is 6.43. The van der Waals surface area contributed by atoms with E-state index in [-0.39, 0.29) is 11.9 Å². The lowest BCUT2D eigenvalue weighted by Crippen LogP contribution is -2.33. The molecule has 1 atom stereocenters.